The Morgan fingerprint density at radius 1 is 1.47 bits per heavy atom. The van der Waals surface area contributed by atoms with Crippen molar-refractivity contribution in [3.63, 3.8) is 0 Å². The van der Waals surface area contributed by atoms with Crippen LogP contribution in [0.1, 0.15) is 26.2 Å². The third-order valence-electron chi connectivity index (χ3n) is 2.56. The molecule has 0 aromatic heterocycles. The van der Waals surface area contributed by atoms with Crippen molar-refractivity contribution in [3.05, 3.63) is 0 Å². The predicted octanol–water partition coefficient (Wildman–Crippen LogP) is 0.807. The molecule has 0 aliphatic carbocycles. The molecule has 1 heterocycles. The van der Waals surface area contributed by atoms with Gasteiger partial charge in [0, 0.05) is 12.5 Å². The number of rotatable bonds is 6. The van der Waals surface area contributed by atoms with Gasteiger partial charge in [-0.25, -0.2) is 8.42 Å². The van der Waals surface area contributed by atoms with E-state index in [1.165, 1.54) is 0 Å². The molecule has 4 nitrogen and oxygen atoms in total. The Labute approximate surface area is 90.9 Å². The first-order chi connectivity index (χ1) is 7.05. The molecule has 0 bridgehead atoms. The summed E-state index contributed by atoms with van der Waals surface area (Å²) in [5, 5.41) is 0. The second kappa shape index (κ2) is 5.61. The summed E-state index contributed by atoms with van der Waals surface area (Å²) in [7, 11) is -3.19. The molecule has 0 radical (unpaired) electrons. The molecule has 0 N–H and O–H groups in total. The van der Waals surface area contributed by atoms with Crippen molar-refractivity contribution in [3.8, 4) is 0 Å². The molecule has 0 aromatic rings. The number of carbonyl (C=O) groups is 1. The zero-order valence-electron chi connectivity index (χ0n) is 9.07. The van der Waals surface area contributed by atoms with Crippen molar-refractivity contribution in [1.29, 1.82) is 0 Å². The van der Waals surface area contributed by atoms with Crippen LogP contribution >= 0.6 is 0 Å². The molecule has 1 aliphatic rings. The zero-order valence-corrected chi connectivity index (χ0v) is 9.88. The van der Waals surface area contributed by atoms with Crippen molar-refractivity contribution >= 4 is 15.6 Å². The largest absolute Gasteiger partial charge is 0.381 e. The monoisotopic (exact) mass is 234 g/mol. The van der Waals surface area contributed by atoms with E-state index in [4.69, 9.17) is 4.74 Å². The van der Waals surface area contributed by atoms with Gasteiger partial charge < -0.3 is 4.74 Å². The van der Waals surface area contributed by atoms with Crippen LogP contribution in [0.2, 0.25) is 0 Å². The van der Waals surface area contributed by atoms with E-state index < -0.39 is 9.84 Å². The fraction of sp³-hybridized carbons (Fsp3) is 0.900. The minimum Gasteiger partial charge on any atom is -0.381 e. The molecule has 1 fully saturated rings. The summed E-state index contributed by atoms with van der Waals surface area (Å²) >= 11 is 0. The number of hydrogen-bond acceptors (Lipinski definition) is 4. The quantitative estimate of drug-likeness (QED) is 0.682. The molecule has 0 saturated carbocycles. The van der Waals surface area contributed by atoms with Crippen LogP contribution in [0.25, 0.3) is 0 Å². The Bertz CT molecular complexity index is 301. The zero-order chi connectivity index (χ0) is 11.3. The summed E-state index contributed by atoms with van der Waals surface area (Å²) < 4.78 is 28.0. The highest BCUT2D eigenvalue weighted by molar-refractivity contribution is 7.92. The normalized spacial score (nSPS) is 21.8. The van der Waals surface area contributed by atoms with Crippen LogP contribution < -0.4 is 0 Å². The first-order valence-electron chi connectivity index (χ1n) is 5.36. The third-order valence-corrected chi connectivity index (χ3v) is 4.19. The van der Waals surface area contributed by atoms with Gasteiger partial charge in [-0.1, -0.05) is 13.3 Å². The van der Waals surface area contributed by atoms with E-state index >= 15 is 0 Å². The van der Waals surface area contributed by atoms with Crippen LogP contribution in [-0.4, -0.2) is 38.9 Å². The molecule has 1 aliphatic heterocycles. The van der Waals surface area contributed by atoms with Gasteiger partial charge in [-0.15, -0.1) is 0 Å². The van der Waals surface area contributed by atoms with Gasteiger partial charge in [-0.2, -0.15) is 0 Å². The van der Waals surface area contributed by atoms with Gasteiger partial charge >= 0.3 is 0 Å². The van der Waals surface area contributed by atoms with Gasteiger partial charge in [0.15, 0.2) is 15.6 Å². The Morgan fingerprint density at radius 2 is 2.20 bits per heavy atom. The summed E-state index contributed by atoms with van der Waals surface area (Å²) in [5.74, 6) is -0.547. The second-order valence-electron chi connectivity index (χ2n) is 3.97. The number of unbranched alkanes of at least 4 members (excludes halogenated alkanes) is 1. The molecule has 0 amide bonds. The molecule has 15 heavy (non-hydrogen) atoms. The van der Waals surface area contributed by atoms with E-state index in [1.54, 1.807) is 0 Å². The van der Waals surface area contributed by atoms with Crippen LogP contribution in [0.5, 0.6) is 0 Å². The summed E-state index contributed by atoms with van der Waals surface area (Å²) in [6.07, 6.45) is 2.14. The standard InChI is InChI=1S/C10H18O4S/c1-2-3-6-15(12,13)8-10(11)9-4-5-14-7-9/h9H,2-8H2,1H3. The Hall–Kier alpha value is -0.420. The van der Waals surface area contributed by atoms with Crippen LogP contribution in [0.15, 0.2) is 0 Å². The van der Waals surface area contributed by atoms with Gasteiger partial charge in [0.05, 0.1) is 12.4 Å². The van der Waals surface area contributed by atoms with Crippen molar-refractivity contribution in [2.45, 2.75) is 26.2 Å². The Balaban J connectivity index is 2.42. The molecule has 0 spiro atoms. The average Bonchev–Trinajstić information content (AvgIpc) is 2.67. The minimum absolute atomic E-state index is 0.128. The number of carbonyl (C=O) groups excluding carboxylic acids is 1. The fourth-order valence-electron chi connectivity index (χ4n) is 1.56. The van der Waals surface area contributed by atoms with E-state index in [1.807, 2.05) is 6.92 Å². The maximum atomic E-state index is 11.6. The van der Waals surface area contributed by atoms with Crippen LogP contribution in [0.4, 0.5) is 0 Å². The highest BCUT2D eigenvalue weighted by Gasteiger charge is 2.27. The maximum Gasteiger partial charge on any atom is 0.157 e. The molecule has 1 atom stereocenters. The fourth-order valence-corrected chi connectivity index (χ4v) is 3.10. The van der Waals surface area contributed by atoms with E-state index in [-0.39, 0.29) is 23.2 Å². The summed E-state index contributed by atoms with van der Waals surface area (Å²) in [5.41, 5.74) is 0. The number of sulfone groups is 1. The number of ether oxygens (including phenoxy) is 1. The molecular formula is C10H18O4S. The SMILES string of the molecule is CCCCS(=O)(=O)CC(=O)C1CCOC1. The van der Waals surface area contributed by atoms with Crippen molar-refractivity contribution in [2.75, 3.05) is 24.7 Å². The summed E-state index contributed by atoms with van der Waals surface area (Å²) in [6.45, 7) is 2.90. The molecular weight excluding hydrogens is 216 g/mol. The second-order valence-corrected chi connectivity index (χ2v) is 6.16. The molecule has 88 valence electrons. The lowest BCUT2D eigenvalue weighted by Crippen LogP contribution is -2.25. The number of ketones is 1. The van der Waals surface area contributed by atoms with Crippen LogP contribution in [0, 0.1) is 5.92 Å². The summed E-state index contributed by atoms with van der Waals surface area (Å²) in [6, 6.07) is 0. The van der Waals surface area contributed by atoms with Crippen molar-refractivity contribution in [2.24, 2.45) is 5.92 Å². The average molecular weight is 234 g/mol. The minimum atomic E-state index is -3.19. The van der Waals surface area contributed by atoms with Crippen LogP contribution in [-0.2, 0) is 19.4 Å². The van der Waals surface area contributed by atoms with Gasteiger partial charge in [0.2, 0.25) is 0 Å². The molecule has 1 saturated heterocycles. The molecule has 1 unspecified atom stereocenters. The first-order valence-corrected chi connectivity index (χ1v) is 7.18. The van der Waals surface area contributed by atoms with Crippen molar-refractivity contribution in [1.82, 2.24) is 0 Å². The van der Waals surface area contributed by atoms with E-state index in [2.05, 4.69) is 0 Å². The number of hydrogen-bond donors (Lipinski definition) is 0. The smallest absolute Gasteiger partial charge is 0.157 e. The summed E-state index contributed by atoms with van der Waals surface area (Å²) in [4.78, 5) is 11.6. The molecule has 1 rings (SSSR count). The Kier molecular flexibility index (Phi) is 4.73. The molecule has 5 heteroatoms. The maximum absolute atomic E-state index is 11.6. The van der Waals surface area contributed by atoms with E-state index in [0.717, 1.165) is 6.42 Å². The number of Topliss-reactive ketones (excluding diaryl/α,β-unsaturated/α-hetero) is 1. The van der Waals surface area contributed by atoms with E-state index in [9.17, 15) is 13.2 Å². The van der Waals surface area contributed by atoms with Gasteiger partial charge in [-0.3, -0.25) is 4.79 Å². The topological polar surface area (TPSA) is 60.4 Å². The van der Waals surface area contributed by atoms with Gasteiger partial charge in [0.1, 0.15) is 5.75 Å². The van der Waals surface area contributed by atoms with Gasteiger partial charge in [0.25, 0.3) is 0 Å². The van der Waals surface area contributed by atoms with Gasteiger partial charge in [-0.05, 0) is 12.8 Å². The van der Waals surface area contributed by atoms with Crippen molar-refractivity contribution < 1.29 is 17.9 Å². The first kappa shape index (κ1) is 12.6. The highest BCUT2D eigenvalue weighted by Crippen LogP contribution is 2.14. The molecule has 0 aromatic carbocycles. The Morgan fingerprint density at radius 3 is 2.73 bits per heavy atom. The lowest BCUT2D eigenvalue weighted by molar-refractivity contribution is -0.120. The van der Waals surface area contributed by atoms with E-state index in [0.29, 0.717) is 26.1 Å². The third kappa shape index (κ3) is 4.30. The predicted molar refractivity (Wildman–Crippen MR) is 57.5 cm³/mol. The highest BCUT2D eigenvalue weighted by atomic mass is 32.2. The van der Waals surface area contributed by atoms with Crippen LogP contribution in [0.3, 0.4) is 0 Å². The lowest BCUT2D eigenvalue weighted by Gasteiger charge is -2.06. The lowest BCUT2D eigenvalue weighted by atomic mass is 10.1.